The Labute approximate surface area is 120 Å². The number of benzene rings is 1. The number of carbonyl (C=O) groups is 1. The van der Waals surface area contributed by atoms with Gasteiger partial charge in [0.15, 0.2) is 5.69 Å². The van der Waals surface area contributed by atoms with Gasteiger partial charge in [-0.25, -0.2) is 14.2 Å². The second kappa shape index (κ2) is 5.01. The minimum Gasteiger partial charge on any atom is -0.477 e. The lowest BCUT2D eigenvalue weighted by Gasteiger charge is -2.01. The molecule has 0 amide bonds. The summed E-state index contributed by atoms with van der Waals surface area (Å²) in [5, 5.41) is 9.42. The number of imidazole rings is 1. The third-order valence-corrected chi connectivity index (χ3v) is 3.34. The van der Waals surface area contributed by atoms with E-state index < -0.39 is 5.97 Å². The monoisotopic (exact) mass is 284 g/mol. The number of hydrogen-bond acceptors (Lipinski definition) is 2. The van der Waals surface area contributed by atoms with Crippen LogP contribution in [0.2, 0.25) is 0 Å². The molecule has 1 aromatic carbocycles. The van der Waals surface area contributed by atoms with Crippen LogP contribution in [-0.4, -0.2) is 20.5 Å². The number of carboxylic acid groups (broad SMARTS) is 1. The van der Waals surface area contributed by atoms with Crippen molar-refractivity contribution in [2.75, 3.05) is 0 Å². The van der Waals surface area contributed by atoms with Gasteiger partial charge in [-0.15, -0.1) is 0 Å². The average molecular weight is 284 g/mol. The van der Waals surface area contributed by atoms with Gasteiger partial charge < -0.3 is 5.11 Å². The summed E-state index contributed by atoms with van der Waals surface area (Å²) in [5.74, 6) is -1.34. The molecule has 0 saturated carbocycles. The highest BCUT2D eigenvalue weighted by Crippen LogP contribution is 2.18. The van der Waals surface area contributed by atoms with E-state index in [2.05, 4.69) is 4.98 Å². The number of aromatic carboxylic acids is 1. The molecule has 2 aromatic heterocycles. The van der Waals surface area contributed by atoms with E-state index in [-0.39, 0.29) is 11.5 Å². The number of aromatic nitrogens is 2. The molecule has 0 spiro atoms. The zero-order chi connectivity index (χ0) is 15.0. The summed E-state index contributed by atoms with van der Waals surface area (Å²) < 4.78 is 14.5. The van der Waals surface area contributed by atoms with Gasteiger partial charge in [0.05, 0.1) is 5.69 Å². The molecule has 0 atom stereocenters. The van der Waals surface area contributed by atoms with Gasteiger partial charge in [-0.2, -0.15) is 0 Å². The molecule has 106 valence electrons. The van der Waals surface area contributed by atoms with Crippen molar-refractivity contribution in [3.8, 4) is 0 Å². The van der Waals surface area contributed by atoms with E-state index in [9.17, 15) is 14.3 Å². The fourth-order valence-corrected chi connectivity index (χ4v) is 2.34. The van der Waals surface area contributed by atoms with Crippen molar-refractivity contribution in [2.24, 2.45) is 0 Å². The maximum atomic E-state index is 12.9. The Bertz CT molecular complexity index is 822. The van der Waals surface area contributed by atoms with E-state index in [4.69, 9.17) is 0 Å². The van der Waals surface area contributed by atoms with E-state index in [0.717, 1.165) is 11.1 Å². The molecule has 2 heterocycles. The van der Waals surface area contributed by atoms with Crippen molar-refractivity contribution < 1.29 is 14.3 Å². The normalized spacial score (nSPS) is 11.0. The molecule has 1 N–H and O–H groups in total. The molecule has 3 rings (SSSR count). The Morgan fingerprint density at radius 2 is 2.00 bits per heavy atom. The van der Waals surface area contributed by atoms with Crippen molar-refractivity contribution in [3.63, 3.8) is 0 Å². The van der Waals surface area contributed by atoms with E-state index >= 15 is 0 Å². The minimum atomic E-state index is -1.02. The second-order valence-corrected chi connectivity index (χ2v) is 4.95. The molecule has 0 aliphatic rings. The number of fused-ring (bicyclic) bond motifs is 1. The lowest BCUT2D eigenvalue weighted by molar-refractivity contribution is 0.0688. The SMILES string of the molecule is Cc1ccn2c(C(=O)O)c(Cc3ccc(F)cc3)nc2c1. The van der Waals surface area contributed by atoms with Crippen molar-refractivity contribution in [1.29, 1.82) is 0 Å². The number of rotatable bonds is 3. The Hall–Kier alpha value is -2.69. The fraction of sp³-hybridized carbons (Fsp3) is 0.125. The fourth-order valence-electron chi connectivity index (χ4n) is 2.34. The second-order valence-electron chi connectivity index (χ2n) is 4.95. The van der Waals surface area contributed by atoms with Crippen LogP contribution in [0.15, 0.2) is 42.6 Å². The molecule has 3 aromatic rings. The van der Waals surface area contributed by atoms with Gasteiger partial charge in [-0.1, -0.05) is 12.1 Å². The smallest absolute Gasteiger partial charge is 0.354 e. The van der Waals surface area contributed by atoms with Gasteiger partial charge in [0.1, 0.15) is 11.5 Å². The third-order valence-electron chi connectivity index (χ3n) is 3.34. The maximum Gasteiger partial charge on any atom is 0.354 e. The topological polar surface area (TPSA) is 54.6 Å². The Morgan fingerprint density at radius 1 is 1.29 bits per heavy atom. The average Bonchev–Trinajstić information content (AvgIpc) is 2.78. The molecular weight excluding hydrogens is 271 g/mol. The first kappa shape index (κ1) is 13.3. The molecule has 21 heavy (non-hydrogen) atoms. The van der Waals surface area contributed by atoms with Crippen molar-refractivity contribution in [3.05, 3.63) is 70.9 Å². The summed E-state index contributed by atoms with van der Waals surface area (Å²) in [5.41, 5.74) is 3.05. The zero-order valence-corrected chi connectivity index (χ0v) is 11.4. The first-order chi connectivity index (χ1) is 10.0. The largest absolute Gasteiger partial charge is 0.477 e. The predicted molar refractivity (Wildman–Crippen MR) is 76.1 cm³/mol. The summed E-state index contributed by atoms with van der Waals surface area (Å²) in [6.45, 7) is 1.93. The molecule has 0 saturated heterocycles. The van der Waals surface area contributed by atoms with Crippen LogP contribution < -0.4 is 0 Å². The number of nitrogens with zero attached hydrogens (tertiary/aromatic N) is 2. The van der Waals surface area contributed by atoms with Gasteiger partial charge in [-0.05, 0) is 42.3 Å². The third kappa shape index (κ3) is 2.50. The van der Waals surface area contributed by atoms with Crippen LogP contribution in [0.25, 0.3) is 5.65 Å². The summed E-state index contributed by atoms with van der Waals surface area (Å²) in [4.78, 5) is 15.9. The Balaban J connectivity index is 2.10. The molecular formula is C16H13FN2O2. The number of aryl methyl sites for hydroxylation is 1. The van der Waals surface area contributed by atoms with Crippen LogP contribution in [0.1, 0.15) is 27.3 Å². The van der Waals surface area contributed by atoms with Gasteiger partial charge in [0.2, 0.25) is 0 Å². The summed E-state index contributed by atoms with van der Waals surface area (Å²) >= 11 is 0. The van der Waals surface area contributed by atoms with Crippen molar-refractivity contribution in [2.45, 2.75) is 13.3 Å². The summed E-state index contributed by atoms with van der Waals surface area (Å²) in [7, 11) is 0. The molecule has 0 fully saturated rings. The highest BCUT2D eigenvalue weighted by Gasteiger charge is 2.18. The Kier molecular flexibility index (Phi) is 3.17. The van der Waals surface area contributed by atoms with E-state index in [0.29, 0.717) is 17.8 Å². The first-order valence-corrected chi connectivity index (χ1v) is 6.50. The molecule has 0 radical (unpaired) electrons. The van der Waals surface area contributed by atoms with Crippen LogP contribution in [-0.2, 0) is 6.42 Å². The lowest BCUT2D eigenvalue weighted by Crippen LogP contribution is -2.06. The number of pyridine rings is 1. The van der Waals surface area contributed by atoms with Crippen LogP contribution in [0, 0.1) is 12.7 Å². The van der Waals surface area contributed by atoms with Crippen LogP contribution in [0.3, 0.4) is 0 Å². The lowest BCUT2D eigenvalue weighted by atomic mass is 10.1. The first-order valence-electron chi connectivity index (χ1n) is 6.50. The molecule has 5 heteroatoms. The predicted octanol–water partition coefficient (Wildman–Crippen LogP) is 3.07. The van der Waals surface area contributed by atoms with Gasteiger partial charge in [0.25, 0.3) is 0 Å². The van der Waals surface area contributed by atoms with Crippen LogP contribution >= 0.6 is 0 Å². The van der Waals surface area contributed by atoms with Crippen molar-refractivity contribution in [1.82, 2.24) is 9.38 Å². The number of halogens is 1. The summed E-state index contributed by atoms with van der Waals surface area (Å²) in [6.07, 6.45) is 2.05. The van der Waals surface area contributed by atoms with Crippen LogP contribution in [0.4, 0.5) is 4.39 Å². The van der Waals surface area contributed by atoms with Crippen molar-refractivity contribution >= 4 is 11.6 Å². The highest BCUT2D eigenvalue weighted by atomic mass is 19.1. The molecule has 0 bridgehead atoms. The quantitative estimate of drug-likeness (QED) is 0.804. The molecule has 0 unspecified atom stereocenters. The van der Waals surface area contributed by atoms with E-state index in [1.54, 1.807) is 22.7 Å². The molecule has 0 aliphatic carbocycles. The number of hydrogen-bond donors (Lipinski definition) is 1. The van der Waals surface area contributed by atoms with E-state index in [1.807, 2.05) is 19.1 Å². The standard InChI is InChI=1S/C16H13FN2O2/c1-10-6-7-19-14(8-10)18-13(15(19)16(20)21)9-11-2-4-12(17)5-3-11/h2-8H,9H2,1H3,(H,20,21). The maximum absolute atomic E-state index is 12.9. The zero-order valence-electron chi connectivity index (χ0n) is 11.4. The van der Waals surface area contributed by atoms with Gasteiger partial charge >= 0.3 is 5.97 Å². The minimum absolute atomic E-state index is 0.148. The highest BCUT2D eigenvalue weighted by molar-refractivity contribution is 5.88. The number of carboxylic acids is 1. The Morgan fingerprint density at radius 3 is 2.67 bits per heavy atom. The van der Waals surface area contributed by atoms with E-state index in [1.165, 1.54) is 12.1 Å². The van der Waals surface area contributed by atoms with Crippen LogP contribution in [0.5, 0.6) is 0 Å². The van der Waals surface area contributed by atoms with Gasteiger partial charge in [0, 0.05) is 12.6 Å². The molecule has 4 nitrogen and oxygen atoms in total. The van der Waals surface area contributed by atoms with Gasteiger partial charge in [-0.3, -0.25) is 4.40 Å². The summed E-state index contributed by atoms with van der Waals surface area (Å²) in [6, 6.07) is 9.65. The molecule has 0 aliphatic heterocycles.